The number of hydrogen-bond acceptors (Lipinski definition) is 1. The fourth-order valence-electron chi connectivity index (χ4n) is 1.15. The molecule has 1 nitrogen and oxygen atoms in total. The summed E-state index contributed by atoms with van der Waals surface area (Å²) in [6.07, 6.45) is 2.21. The first-order chi connectivity index (χ1) is 5.95. The highest BCUT2D eigenvalue weighted by atomic mass is 32.2. The highest BCUT2D eigenvalue weighted by molar-refractivity contribution is 8.03. The summed E-state index contributed by atoms with van der Waals surface area (Å²) in [4.78, 5) is 1.38. The molecule has 0 bridgehead atoms. The normalized spacial score (nSPS) is 20.2. The van der Waals surface area contributed by atoms with E-state index in [1.807, 2.05) is 17.8 Å². The summed E-state index contributed by atoms with van der Waals surface area (Å²) in [5.41, 5.74) is 1.28. The smallest absolute Gasteiger partial charge is 0.0638 e. The number of rotatable bonds is 1. The van der Waals surface area contributed by atoms with Crippen LogP contribution in [0.15, 0.2) is 35.2 Å². The standard InChI is InChI=1S/C10H10NS/c1-2-4-9(5-3-1)6-10-7-11-8-12-10/h1-6H,7-8H2. The van der Waals surface area contributed by atoms with E-state index in [0.717, 1.165) is 12.4 Å². The predicted octanol–water partition coefficient (Wildman–Crippen LogP) is 2.34. The summed E-state index contributed by atoms with van der Waals surface area (Å²) in [6, 6.07) is 10.4. The lowest BCUT2D eigenvalue weighted by Crippen LogP contribution is -1.93. The Morgan fingerprint density at radius 3 is 2.75 bits per heavy atom. The zero-order chi connectivity index (χ0) is 8.23. The molecule has 0 saturated carbocycles. The third-order valence-electron chi connectivity index (χ3n) is 1.74. The van der Waals surface area contributed by atoms with E-state index < -0.39 is 0 Å². The van der Waals surface area contributed by atoms with Crippen molar-refractivity contribution in [1.82, 2.24) is 5.32 Å². The molecule has 0 spiro atoms. The second kappa shape index (κ2) is 3.78. The summed E-state index contributed by atoms with van der Waals surface area (Å²) < 4.78 is 0. The van der Waals surface area contributed by atoms with Crippen molar-refractivity contribution in [2.45, 2.75) is 0 Å². The van der Waals surface area contributed by atoms with Crippen molar-refractivity contribution in [2.24, 2.45) is 0 Å². The van der Waals surface area contributed by atoms with E-state index in [-0.39, 0.29) is 0 Å². The lowest BCUT2D eigenvalue weighted by Gasteiger charge is -1.94. The highest BCUT2D eigenvalue weighted by Crippen LogP contribution is 2.22. The molecule has 1 aromatic rings. The van der Waals surface area contributed by atoms with E-state index in [2.05, 4.69) is 35.7 Å². The Kier molecular flexibility index (Phi) is 2.49. The van der Waals surface area contributed by atoms with Crippen LogP contribution in [0.1, 0.15) is 5.56 Å². The summed E-state index contributed by atoms with van der Waals surface area (Å²) in [7, 11) is 0. The fraction of sp³-hybridized carbons (Fsp3) is 0.200. The molecule has 0 aliphatic carbocycles. The molecule has 1 radical (unpaired) electrons. The van der Waals surface area contributed by atoms with Gasteiger partial charge in [0.15, 0.2) is 0 Å². The maximum absolute atomic E-state index is 4.26. The van der Waals surface area contributed by atoms with Gasteiger partial charge in [0, 0.05) is 11.4 Å². The number of hydrogen-bond donors (Lipinski definition) is 0. The molecule has 2 rings (SSSR count). The first kappa shape index (κ1) is 7.90. The third-order valence-corrected chi connectivity index (χ3v) is 2.67. The molecule has 1 aliphatic rings. The molecule has 1 aliphatic heterocycles. The van der Waals surface area contributed by atoms with Gasteiger partial charge in [-0.2, -0.15) is 0 Å². The largest absolute Gasteiger partial charge is 0.225 e. The minimum absolute atomic E-state index is 0.902. The first-order valence-corrected chi connectivity index (χ1v) is 4.95. The van der Waals surface area contributed by atoms with Gasteiger partial charge in [-0.1, -0.05) is 30.3 Å². The van der Waals surface area contributed by atoms with E-state index in [1.165, 1.54) is 10.5 Å². The van der Waals surface area contributed by atoms with Crippen molar-refractivity contribution in [3.8, 4) is 0 Å². The predicted molar refractivity (Wildman–Crippen MR) is 53.9 cm³/mol. The van der Waals surface area contributed by atoms with Crippen LogP contribution in [-0.4, -0.2) is 12.4 Å². The van der Waals surface area contributed by atoms with Gasteiger partial charge in [-0.05, 0) is 11.6 Å². The summed E-state index contributed by atoms with van der Waals surface area (Å²) >= 11 is 1.83. The van der Waals surface area contributed by atoms with Gasteiger partial charge in [0.25, 0.3) is 0 Å². The molecule has 1 fully saturated rings. The fourth-order valence-corrected chi connectivity index (χ4v) is 1.90. The van der Waals surface area contributed by atoms with Crippen molar-refractivity contribution in [1.29, 1.82) is 0 Å². The average molecular weight is 176 g/mol. The van der Waals surface area contributed by atoms with Crippen LogP contribution in [0.4, 0.5) is 0 Å². The first-order valence-electron chi connectivity index (χ1n) is 3.97. The van der Waals surface area contributed by atoms with E-state index >= 15 is 0 Å². The van der Waals surface area contributed by atoms with Crippen LogP contribution in [0.3, 0.4) is 0 Å². The molecule has 1 heterocycles. The van der Waals surface area contributed by atoms with Crippen LogP contribution in [0.5, 0.6) is 0 Å². The average Bonchev–Trinajstić information content (AvgIpc) is 2.59. The van der Waals surface area contributed by atoms with E-state index in [9.17, 15) is 0 Å². The number of nitrogens with zero attached hydrogens (tertiary/aromatic N) is 1. The second-order valence-electron chi connectivity index (χ2n) is 2.68. The molecule has 0 aromatic heterocycles. The van der Waals surface area contributed by atoms with Crippen LogP contribution >= 0.6 is 11.8 Å². The van der Waals surface area contributed by atoms with Gasteiger partial charge < -0.3 is 0 Å². The lowest BCUT2D eigenvalue weighted by atomic mass is 10.2. The topological polar surface area (TPSA) is 14.1 Å². The van der Waals surface area contributed by atoms with Crippen molar-refractivity contribution in [3.05, 3.63) is 40.8 Å². The zero-order valence-corrected chi connectivity index (χ0v) is 7.55. The minimum atomic E-state index is 0.902. The molecule has 1 aromatic carbocycles. The number of benzene rings is 1. The van der Waals surface area contributed by atoms with Crippen LogP contribution in [0.2, 0.25) is 0 Å². The zero-order valence-electron chi connectivity index (χ0n) is 6.73. The van der Waals surface area contributed by atoms with E-state index in [0.29, 0.717) is 0 Å². The monoisotopic (exact) mass is 176 g/mol. The molecule has 1 saturated heterocycles. The van der Waals surface area contributed by atoms with Gasteiger partial charge >= 0.3 is 0 Å². The van der Waals surface area contributed by atoms with E-state index in [1.54, 1.807) is 0 Å². The Bertz CT molecular complexity index is 271. The molecule has 61 valence electrons. The van der Waals surface area contributed by atoms with Crippen LogP contribution in [0.25, 0.3) is 6.08 Å². The summed E-state index contributed by atoms with van der Waals surface area (Å²) in [5.74, 6) is 0.929. The minimum Gasteiger partial charge on any atom is -0.225 e. The van der Waals surface area contributed by atoms with Crippen LogP contribution in [0, 0.1) is 0 Å². The van der Waals surface area contributed by atoms with Crippen molar-refractivity contribution in [2.75, 3.05) is 12.4 Å². The molecule has 2 heteroatoms. The molecule has 0 atom stereocenters. The lowest BCUT2D eigenvalue weighted by molar-refractivity contribution is 0.895. The Morgan fingerprint density at radius 2 is 2.08 bits per heavy atom. The van der Waals surface area contributed by atoms with Crippen molar-refractivity contribution in [3.63, 3.8) is 0 Å². The Morgan fingerprint density at radius 1 is 1.25 bits per heavy atom. The van der Waals surface area contributed by atoms with Crippen molar-refractivity contribution < 1.29 is 0 Å². The molecular weight excluding hydrogens is 166 g/mol. The highest BCUT2D eigenvalue weighted by Gasteiger charge is 2.06. The number of thioether (sulfide) groups is 1. The Labute approximate surface area is 76.9 Å². The quantitative estimate of drug-likeness (QED) is 0.640. The van der Waals surface area contributed by atoms with Gasteiger partial charge in [-0.3, -0.25) is 0 Å². The second-order valence-corrected chi connectivity index (χ2v) is 3.75. The Balaban J connectivity index is 2.16. The van der Waals surface area contributed by atoms with Crippen LogP contribution < -0.4 is 5.32 Å². The maximum atomic E-state index is 4.26. The molecular formula is C10H10NS. The third kappa shape index (κ3) is 1.90. The SMILES string of the molecule is C(=C1C[N]CS1)c1ccccc1. The van der Waals surface area contributed by atoms with Crippen molar-refractivity contribution >= 4 is 17.8 Å². The van der Waals surface area contributed by atoms with Gasteiger partial charge in [0.2, 0.25) is 0 Å². The Hall–Kier alpha value is -0.730. The van der Waals surface area contributed by atoms with Gasteiger partial charge in [0.05, 0.1) is 5.88 Å². The molecule has 12 heavy (non-hydrogen) atoms. The molecule has 0 amide bonds. The van der Waals surface area contributed by atoms with Gasteiger partial charge in [-0.15, -0.1) is 11.8 Å². The van der Waals surface area contributed by atoms with Gasteiger partial charge in [-0.25, -0.2) is 5.32 Å². The summed E-state index contributed by atoms with van der Waals surface area (Å²) in [5, 5.41) is 4.26. The maximum Gasteiger partial charge on any atom is 0.0638 e. The van der Waals surface area contributed by atoms with E-state index in [4.69, 9.17) is 0 Å². The van der Waals surface area contributed by atoms with Gasteiger partial charge in [0.1, 0.15) is 0 Å². The molecule has 0 N–H and O–H groups in total. The van der Waals surface area contributed by atoms with Crippen LogP contribution in [-0.2, 0) is 0 Å². The molecule has 0 unspecified atom stereocenters. The summed E-state index contributed by atoms with van der Waals surface area (Å²) in [6.45, 7) is 0.902.